The van der Waals surface area contributed by atoms with Crippen LogP contribution in [0.3, 0.4) is 0 Å². The number of rotatable bonds is 3. The second kappa shape index (κ2) is 6.50. The summed E-state index contributed by atoms with van der Waals surface area (Å²) in [6, 6.07) is 16.8. The summed E-state index contributed by atoms with van der Waals surface area (Å²) in [5.41, 5.74) is 5.79. The molecule has 5 nitrogen and oxygen atoms in total. The summed E-state index contributed by atoms with van der Waals surface area (Å²) >= 11 is 0. The Bertz CT molecular complexity index is 985. The zero-order valence-electron chi connectivity index (χ0n) is 13.5. The Kier molecular flexibility index (Phi) is 4.24. The molecule has 120 valence electrons. The molecule has 0 atom stereocenters. The predicted octanol–water partition coefficient (Wildman–Crippen LogP) is 3.37. The Balaban J connectivity index is 1.84. The Morgan fingerprint density at radius 2 is 1.83 bits per heavy atom. The Hall–Kier alpha value is -3.21. The molecule has 0 saturated heterocycles. The molecule has 0 fully saturated rings. The van der Waals surface area contributed by atoms with Crippen LogP contribution in [0.1, 0.15) is 28.4 Å². The highest BCUT2D eigenvalue weighted by molar-refractivity contribution is 6.01. The normalized spacial score (nSPS) is 11.5. The highest BCUT2D eigenvalue weighted by atomic mass is 16.3. The second-order valence-electron chi connectivity index (χ2n) is 5.53. The van der Waals surface area contributed by atoms with Crippen LogP contribution in [0.5, 0.6) is 0 Å². The molecule has 5 heteroatoms. The van der Waals surface area contributed by atoms with Crippen molar-refractivity contribution in [3.63, 3.8) is 0 Å². The first-order valence-corrected chi connectivity index (χ1v) is 7.54. The van der Waals surface area contributed by atoms with Crippen LogP contribution in [0.15, 0.2) is 64.1 Å². The fourth-order valence-corrected chi connectivity index (χ4v) is 2.30. The van der Waals surface area contributed by atoms with Crippen molar-refractivity contribution >= 4 is 22.6 Å². The number of hydrogen-bond acceptors (Lipinski definition) is 4. The van der Waals surface area contributed by atoms with Crippen LogP contribution in [0, 0.1) is 12.3 Å². The minimum Gasteiger partial charge on any atom is -0.438 e. The number of hydrogen-bond donors (Lipinski definition) is 2. The zero-order valence-corrected chi connectivity index (χ0v) is 13.5. The van der Waals surface area contributed by atoms with Crippen molar-refractivity contribution < 1.29 is 9.21 Å². The van der Waals surface area contributed by atoms with Crippen molar-refractivity contribution in [2.24, 2.45) is 5.10 Å². The van der Waals surface area contributed by atoms with Crippen LogP contribution >= 0.6 is 0 Å². The van der Waals surface area contributed by atoms with Gasteiger partial charge < -0.3 is 4.42 Å². The van der Waals surface area contributed by atoms with Crippen molar-refractivity contribution in [1.82, 2.24) is 5.43 Å². The highest BCUT2D eigenvalue weighted by Crippen LogP contribution is 2.12. The van der Waals surface area contributed by atoms with Gasteiger partial charge in [0, 0.05) is 5.39 Å². The maximum absolute atomic E-state index is 12.3. The topological polar surface area (TPSA) is 78.5 Å². The summed E-state index contributed by atoms with van der Waals surface area (Å²) in [6.07, 6.45) is 0. The lowest BCUT2D eigenvalue weighted by Gasteiger charge is -2.04. The third-order valence-electron chi connectivity index (χ3n) is 3.71. The van der Waals surface area contributed by atoms with E-state index in [1.54, 1.807) is 12.1 Å². The molecule has 1 heterocycles. The SMILES string of the molecule is C/C(=N/NC(=O)c1cc2ccccc2oc1=N)c1ccc(C)cc1. The summed E-state index contributed by atoms with van der Waals surface area (Å²) in [5, 5.41) is 12.8. The number of fused-ring (bicyclic) bond motifs is 1. The molecule has 0 aliphatic rings. The molecule has 0 bridgehead atoms. The monoisotopic (exact) mass is 319 g/mol. The van der Waals surface area contributed by atoms with E-state index in [0.29, 0.717) is 11.3 Å². The molecule has 0 aliphatic carbocycles. The standard InChI is InChI=1S/C19H17N3O2/c1-12-7-9-14(10-8-12)13(2)21-22-19(23)16-11-15-5-3-4-6-17(15)24-18(16)20/h3-11,20H,1-2H3,(H,22,23)/b20-18?,21-13-. The molecule has 0 saturated carbocycles. The summed E-state index contributed by atoms with van der Waals surface area (Å²) in [7, 11) is 0. The molecule has 1 aromatic heterocycles. The molecule has 1 amide bonds. The predicted molar refractivity (Wildman–Crippen MR) is 92.9 cm³/mol. The Labute approximate surface area is 139 Å². The maximum Gasteiger partial charge on any atom is 0.276 e. The van der Waals surface area contributed by atoms with Gasteiger partial charge in [-0.05, 0) is 31.5 Å². The highest BCUT2D eigenvalue weighted by Gasteiger charge is 2.11. The first-order chi connectivity index (χ1) is 11.5. The Morgan fingerprint density at radius 3 is 2.58 bits per heavy atom. The lowest BCUT2D eigenvalue weighted by Crippen LogP contribution is -2.25. The van der Waals surface area contributed by atoms with Gasteiger partial charge in [-0.3, -0.25) is 10.2 Å². The second-order valence-corrected chi connectivity index (χ2v) is 5.53. The molecule has 3 rings (SSSR count). The first kappa shape index (κ1) is 15.7. The number of nitrogens with one attached hydrogen (secondary N) is 2. The van der Waals surface area contributed by atoms with Crippen molar-refractivity contribution in [3.05, 3.63) is 76.8 Å². The number of nitrogens with zero attached hydrogens (tertiary/aromatic N) is 1. The Morgan fingerprint density at radius 1 is 1.12 bits per heavy atom. The minimum atomic E-state index is -0.471. The molecule has 0 aliphatic heterocycles. The molecule has 3 aromatic rings. The number of carbonyl (C=O) groups is 1. The smallest absolute Gasteiger partial charge is 0.276 e. The number of carbonyl (C=O) groups excluding carboxylic acids is 1. The van der Waals surface area contributed by atoms with Gasteiger partial charge in [-0.1, -0.05) is 48.0 Å². The largest absolute Gasteiger partial charge is 0.438 e. The van der Waals surface area contributed by atoms with Crippen molar-refractivity contribution in [3.8, 4) is 0 Å². The van der Waals surface area contributed by atoms with Gasteiger partial charge in [-0.2, -0.15) is 5.10 Å². The van der Waals surface area contributed by atoms with E-state index in [0.717, 1.165) is 16.5 Å². The fraction of sp³-hybridized carbons (Fsp3) is 0.105. The van der Waals surface area contributed by atoms with Gasteiger partial charge in [0.15, 0.2) is 0 Å². The summed E-state index contributed by atoms with van der Waals surface area (Å²) in [6.45, 7) is 3.83. The number of para-hydroxylation sites is 1. The fourth-order valence-electron chi connectivity index (χ4n) is 2.30. The van der Waals surface area contributed by atoms with Crippen LogP contribution in [0.4, 0.5) is 0 Å². The molecule has 0 spiro atoms. The van der Waals surface area contributed by atoms with Crippen molar-refractivity contribution in [2.75, 3.05) is 0 Å². The zero-order chi connectivity index (χ0) is 17.1. The molecule has 2 aromatic carbocycles. The summed E-state index contributed by atoms with van der Waals surface area (Å²) < 4.78 is 5.38. The van der Waals surface area contributed by atoms with Gasteiger partial charge >= 0.3 is 0 Å². The van der Waals surface area contributed by atoms with Crippen molar-refractivity contribution in [1.29, 1.82) is 5.41 Å². The molecule has 24 heavy (non-hydrogen) atoms. The van der Waals surface area contributed by atoms with Gasteiger partial charge in [0.2, 0.25) is 5.55 Å². The number of aryl methyl sites for hydroxylation is 1. The quantitative estimate of drug-likeness (QED) is 0.573. The van der Waals surface area contributed by atoms with E-state index in [1.165, 1.54) is 0 Å². The van der Waals surface area contributed by atoms with E-state index in [1.807, 2.05) is 56.3 Å². The average molecular weight is 319 g/mol. The molecular weight excluding hydrogens is 302 g/mol. The van der Waals surface area contributed by atoms with E-state index >= 15 is 0 Å². The molecule has 0 unspecified atom stereocenters. The third kappa shape index (κ3) is 3.25. The first-order valence-electron chi connectivity index (χ1n) is 7.54. The van der Waals surface area contributed by atoms with Crippen LogP contribution in [-0.2, 0) is 0 Å². The lowest BCUT2D eigenvalue weighted by molar-refractivity contribution is 0.0950. The molecule has 0 radical (unpaired) electrons. The van der Waals surface area contributed by atoms with Gasteiger partial charge in [0.1, 0.15) is 11.1 Å². The van der Waals surface area contributed by atoms with E-state index < -0.39 is 5.91 Å². The summed E-state index contributed by atoms with van der Waals surface area (Å²) in [4.78, 5) is 12.3. The average Bonchev–Trinajstić information content (AvgIpc) is 2.59. The van der Waals surface area contributed by atoms with E-state index in [4.69, 9.17) is 9.83 Å². The van der Waals surface area contributed by atoms with Gasteiger partial charge in [-0.15, -0.1) is 0 Å². The third-order valence-corrected chi connectivity index (χ3v) is 3.71. The van der Waals surface area contributed by atoms with Crippen LogP contribution in [0.25, 0.3) is 11.0 Å². The number of amides is 1. The van der Waals surface area contributed by atoms with Crippen LogP contribution in [0.2, 0.25) is 0 Å². The van der Waals surface area contributed by atoms with Crippen molar-refractivity contribution in [2.45, 2.75) is 13.8 Å². The van der Waals surface area contributed by atoms with E-state index in [-0.39, 0.29) is 11.1 Å². The maximum atomic E-state index is 12.3. The van der Waals surface area contributed by atoms with Gasteiger partial charge in [0.05, 0.1) is 5.71 Å². The molecular formula is C19H17N3O2. The number of benzene rings is 2. The number of hydrazone groups is 1. The lowest BCUT2D eigenvalue weighted by atomic mass is 10.1. The van der Waals surface area contributed by atoms with Gasteiger partial charge in [0.25, 0.3) is 5.91 Å². The van der Waals surface area contributed by atoms with E-state index in [9.17, 15) is 4.79 Å². The summed E-state index contributed by atoms with van der Waals surface area (Å²) in [5.74, 6) is -0.471. The minimum absolute atomic E-state index is 0.147. The van der Waals surface area contributed by atoms with Crippen LogP contribution in [-0.4, -0.2) is 11.6 Å². The van der Waals surface area contributed by atoms with E-state index in [2.05, 4.69) is 10.5 Å². The van der Waals surface area contributed by atoms with Gasteiger partial charge in [-0.25, -0.2) is 5.43 Å². The van der Waals surface area contributed by atoms with Crippen LogP contribution < -0.4 is 11.0 Å². The molecule has 2 N–H and O–H groups in total.